The number of thioether (sulfide) groups is 2. The Morgan fingerprint density at radius 2 is 1.50 bits per heavy atom. The van der Waals surface area contributed by atoms with E-state index in [1.54, 1.807) is 6.08 Å². The number of carbonyl (C=O) groups is 1. The Kier molecular flexibility index (Phi) is 7.21. The van der Waals surface area contributed by atoms with Crippen molar-refractivity contribution in [1.82, 2.24) is 0 Å². The highest BCUT2D eigenvalue weighted by atomic mass is 32.3. The van der Waals surface area contributed by atoms with E-state index in [-0.39, 0.29) is 10.5 Å². The van der Waals surface area contributed by atoms with E-state index in [0.29, 0.717) is 5.75 Å². The Bertz CT molecular complexity index is 1200. The molecule has 2 atom stereocenters. The summed E-state index contributed by atoms with van der Waals surface area (Å²) in [6, 6.07) is 5.52. The molecule has 0 spiro atoms. The van der Waals surface area contributed by atoms with Gasteiger partial charge in [-0.25, -0.2) is 0 Å². The summed E-state index contributed by atoms with van der Waals surface area (Å²) in [5.41, 5.74) is -13.3. The van der Waals surface area contributed by atoms with Crippen molar-refractivity contribution in [3.05, 3.63) is 51.5 Å². The van der Waals surface area contributed by atoms with Crippen molar-refractivity contribution in [3.8, 4) is 5.75 Å². The topological polar surface area (TPSA) is 94.6 Å². The van der Waals surface area contributed by atoms with Gasteiger partial charge in [0.1, 0.15) is 25.4 Å². The normalized spacial score (nSPS) is 21.8. The third kappa shape index (κ3) is 4.73. The van der Waals surface area contributed by atoms with Crippen molar-refractivity contribution in [1.29, 1.82) is 0 Å². The van der Waals surface area contributed by atoms with Crippen molar-refractivity contribution in [2.24, 2.45) is 0 Å². The van der Waals surface area contributed by atoms with Crippen LogP contribution >= 0.6 is 23.5 Å². The van der Waals surface area contributed by atoms with Crippen LogP contribution in [0.2, 0.25) is 0 Å². The quantitative estimate of drug-likeness (QED) is 0.367. The maximum absolute atomic E-state index is 13.2. The molecular weight excluding hydrogens is 554 g/mol. The van der Waals surface area contributed by atoms with E-state index in [4.69, 9.17) is 4.74 Å². The molecular formula is C18H13F6O6S4-. The molecule has 2 aliphatic rings. The second-order valence-electron chi connectivity index (χ2n) is 6.82. The first kappa shape index (κ1) is 26.9. The van der Waals surface area contributed by atoms with Gasteiger partial charge >= 0.3 is 11.0 Å². The molecule has 0 aliphatic carbocycles. The lowest BCUT2D eigenvalue weighted by molar-refractivity contribution is -0.115. The summed E-state index contributed by atoms with van der Waals surface area (Å²) in [4.78, 5) is 12.9. The Labute approximate surface area is 198 Å². The number of Topliss-reactive ketones (excluding diaryl/α,β-unsaturated/α-hetero) is 1. The van der Waals surface area contributed by atoms with Crippen LogP contribution in [0.5, 0.6) is 5.75 Å². The summed E-state index contributed by atoms with van der Waals surface area (Å²) in [7, 11) is -12.6. The lowest BCUT2D eigenvalue weighted by Gasteiger charge is -2.35. The number of hydrogen-bond donors (Lipinski definition) is 0. The number of halogens is 6. The summed E-state index contributed by atoms with van der Waals surface area (Å²) in [6.07, 6.45) is -0.303. The smallest absolute Gasteiger partial charge is 0.469 e. The largest absolute Gasteiger partial charge is 0.497 e. The van der Waals surface area contributed by atoms with E-state index in [2.05, 4.69) is 0 Å². The minimum absolute atomic E-state index is 0.131. The summed E-state index contributed by atoms with van der Waals surface area (Å²) in [5, 5.41) is 0.00363. The first-order valence-corrected chi connectivity index (χ1v) is 13.7. The van der Waals surface area contributed by atoms with Crippen LogP contribution in [0.1, 0.15) is 12.0 Å². The zero-order valence-electron chi connectivity index (χ0n) is 16.7. The number of allylic oxidation sites excluding steroid dienone is 1. The van der Waals surface area contributed by atoms with E-state index in [0.717, 1.165) is 23.5 Å². The SMILES string of the molecule is COc1ccc(C2=C(C[C-](S(=O)(=O)C(F)(F)F)S(=O)(=O)C(F)(F)F)C(=O)C3SC=CC3S2)cc1. The number of ketones is 1. The molecule has 1 aromatic carbocycles. The van der Waals surface area contributed by atoms with E-state index in [9.17, 15) is 48.0 Å². The minimum Gasteiger partial charge on any atom is -0.497 e. The van der Waals surface area contributed by atoms with Crippen molar-refractivity contribution in [3.63, 3.8) is 0 Å². The Hall–Kier alpha value is -1.65. The maximum atomic E-state index is 13.2. The number of rotatable bonds is 6. The van der Waals surface area contributed by atoms with Crippen LogP contribution in [-0.4, -0.2) is 51.2 Å². The van der Waals surface area contributed by atoms with Crippen LogP contribution in [0.25, 0.3) is 4.91 Å². The van der Waals surface area contributed by atoms with Crippen molar-refractivity contribution >= 4 is 53.9 Å². The summed E-state index contributed by atoms with van der Waals surface area (Å²) in [6.45, 7) is 0. The molecule has 2 heterocycles. The van der Waals surface area contributed by atoms with E-state index in [1.165, 1.54) is 36.8 Å². The second kappa shape index (κ2) is 9.09. The van der Waals surface area contributed by atoms with Gasteiger partial charge in [0.2, 0.25) is 0 Å². The van der Waals surface area contributed by atoms with Crippen molar-refractivity contribution < 1.29 is 52.7 Å². The van der Waals surface area contributed by atoms with Crippen LogP contribution in [0.4, 0.5) is 26.3 Å². The average Bonchev–Trinajstić information content (AvgIpc) is 3.20. The van der Waals surface area contributed by atoms with Gasteiger partial charge < -0.3 is 4.74 Å². The number of methoxy groups -OCH3 is 1. The van der Waals surface area contributed by atoms with Crippen LogP contribution in [0.15, 0.2) is 41.3 Å². The predicted molar refractivity (Wildman–Crippen MR) is 115 cm³/mol. The number of alkyl halides is 6. The van der Waals surface area contributed by atoms with Gasteiger partial charge in [-0.15, -0.1) is 29.9 Å². The van der Waals surface area contributed by atoms with Gasteiger partial charge in [-0.2, -0.15) is 26.3 Å². The van der Waals surface area contributed by atoms with Gasteiger partial charge in [-0.05, 0) is 28.7 Å². The molecule has 0 aromatic heterocycles. The molecule has 0 N–H and O–H groups in total. The molecule has 0 fully saturated rings. The standard InChI is InChI=1S/C18H13F6O6S4/c1-30-10-4-2-9(3-5-10)15-11(14(25)16-12(32-15)6-7-31-16)8-13(33(26,27)17(19,20)21)34(28,29)18(22,23)24/h2-7,12,16H,8H2,1H3/q-1. The molecule has 0 amide bonds. The second-order valence-corrected chi connectivity index (χ2v) is 13.2. The van der Waals surface area contributed by atoms with Crippen molar-refractivity contribution in [2.45, 2.75) is 27.9 Å². The Morgan fingerprint density at radius 3 is 1.97 bits per heavy atom. The number of ether oxygens (including phenoxy) is 1. The Balaban J connectivity index is 2.23. The van der Waals surface area contributed by atoms with E-state index >= 15 is 0 Å². The van der Waals surface area contributed by atoms with Gasteiger partial charge in [0.05, 0.1) is 12.4 Å². The summed E-state index contributed by atoms with van der Waals surface area (Å²) in [5.74, 6) is -0.615. The lowest BCUT2D eigenvalue weighted by atomic mass is 9.99. The summed E-state index contributed by atoms with van der Waals surface area (Å²) < 4.78 is 129. The molecule has 2 unspecified atom stereocenters. The number of hydrogen-bond acceptors (Lipinski definition) is 8. The fourth-order valence-corrected chi connectivity index (χ4v) is 8.65. The maximum Gasteiger partial charge on any atom is 0.469 e. The van der Waals surface area contributed by atoms with Crippen LogP contribution < -0.4 is 4.74 Å². The molecule has 0 bridgehead atoms. The zero-order valence-corrected chi connectivity index (χ0v) is 19.9. The molecule has 2 aliphatic heterocycles. The fourth-order valence-electron chi connectivity index (χ4n) is 3.08. The molecule has 0 saturated carbocycles. The van der Waals surface area contributed by atoms with E-state index < -0.39 is 63.6 Å². The number of sulfone groups is 2. The molecule has 3 rings (SSSR count). The minimum atomic E-state index is -6.97. The zero-order chi connectivity index (χ0) is 25.7. The number of carbonyl (C=O) groups excluding carboxylic acids is 1. The molecule has 1 aromatic rings. The number of benzene rings is 1. The highest BCUT2D eigenvalue weighted by Gasteiger charge is 2.54. The molecule has 34 heavy (non-hydrogen) atoms. The fraction of sp³-hybridized carbons (Fsp3) is 0.333. The van der Waals surface area contributed by atoms with E-state index in [1.807, 2.05) is 0 Å². The first-order chi connectivity index (χ1) is 15.5. The van der Waals surface area contributed by atoms with Gasteiger partial charge in [0.15, 0.2) is 5.78 Å². The van der Waals surface area contributed by atoms with Crippen LogP contribution in [0.3, 0.4) is 0 Å². The van der Waals surface area contributed by atoms with Gasteiger partial charge in [-0.3, -0.25) is 21.6 Å². The van der Waals surface area contributed by atoms with Crippen molar-refractivity contribution in [2.75, 3.05) is 7.11 Å². The molecule has 0 saturated heterocycles. The Morgan fingerprint density at radius 1 is 0.971 bits per heavy atom. The summed E-state index contributed by atoms with van der Waals surface area (Å²) >= 11 is 1.84. The first-order valence-electron chi connectivity index (χ1n) is 8.91. The highest BCUT2D eigenvalue weighted by molar-refractivity contribution is 8.13. The van der Waals surface area contributed by atoms with Gasteiger partial charge in [-0.1, -0.05) is 22.8 Å². The third-order valence-corrected chi connectivity index (χ3v) is 11.5. The molecule has 6 nitrogen and oxygen atoms in total. The number of fused-ring (bicyclic) bond motifs is 1. The lowest BCUT2D eigenvalue weighted by Crippen LogP contribution is -2.41. The van der Waals surface area contributed by atoms with Crippen LogP contribution in [-0.2, 0) is 24.5 Å². The van der Waals surface area contributed by atoms with Crippen LogP contribution in [0, 0.1) is 4.58 Å². The third-order valence-electron chi connectivity index (χ3n) is 4.76. The monoisotopic (exact) mass is 567 g/mol. The molecule has 0 radical (unpaired) electrons. The molecule has 16 heteroatoms. The average molecular weight is 568 g/mol. The highest BCUT2D eigenvalue weighted by Crippen LogP contribution is 2.51. The molecule has 188 valence electrons. The van der Waals surface area contributed by atoms with Gasteiger partial charge in [0, 0.05) is 10.2 Å². The predicted octanol–water partition coefficient (Wildman–Crippen LogP) is 4.47. The van der Waals surface area contributed by atoms with Gasteiger partial charge in [0.25, 0.3) is 0 Å².